The fourth-order valence-corrected chi connectivity index (χ4v) is 5.86. The van der Waals surface area contributed by atoms with Gasteiger partial charge in [0.15, 0.2) is 0 Å². The number of hydrogen-bond acceptors (Lipinski definition) is 6. The molecule has 0 spiro atoms. The Morgan fingerprint density at radius 2 is 1.70 bits per heavy atom. The van der Waals surface area contributed by atoms with Crippen LogP contribution in [0.2, 0.25) is 0 Å². The second-order valence-electron chi connectivity index (χ2n) is 9.61. The van der Waals surface area contributed by atoms with E-state index < -0.39 is 6.41 Å². The van der Waals surface area contributed by atoms with Crippen molar-refractivity contribution in [1.82, 2.24) is 14.7 Å². The Balaban J connectivity index is 1.24. The molecule has 4 rings (SSSR count). The van der Waals surface area contributed by atoms with Gasteiger partial charge >= 0.3 is 6.09 Å². The van der Waals surface area contributed by atoms with Crippen LogP contribution in [-0.4, -0.2) is 89.8 Å². The zero-order valence-electron chi connectivity index (χ0n) is 18.7. The zero-order valence-corrected chi connectivity index (χ0v) is 18.7. The number of nitrogens with zero attached hydrogens (tertiary/aromatic N) is 3. The average Bonchev–Trinajstić information content (AvgIpc) is 3.08. The normalized spacial score (nSPS) is 31.3. The van der Waals surface area contributed by atoms with Crippen LogP contribution in [0.3, 0.4) is 0 Å². The van der Waals surface area contributed by atoms with Crippen molar-refractivity contribution in [3.8, 4) is 0 Å². The van der Waals surface area contributed by atoms with Gasteiger partial charge in [0.1, 0.15) is 0 Å². The smallest absolute Gasteiger partial charge is 0.409 e. The summed E-state index contributed by atoms with van der Waals surface area (Å²) in [7, 11) is 0. The van der Waals surface area contributed by atoms with E-state index >= 15 is 0 Å². The molecule has 0 aromatic rings. The van der Waals surface area contributed by atoms with Crippen LogP contribution in [0.4, 0.5) is 4.79 Å². The molecule has 1 saturated carbocycles. The summed E-state index contributed by atoms with van der Waals surface area (Å²) in [5, 5.41) is 10.6. The van der Waals surface area contributed by atoms with Gasteiger partial charge in [-0.05, 0) is 90.1 Å². The lowest BCUT2D eigenvalue weighted by Gasteiger charge is -2.42. The van der Waals surface area contributed by atoms with Gasteiger partial charge in [0.2, 0.25) is 6.41 Å². The lowest BCUT2D eigenvalue weighted by Crippen LogP contribution is -2.50. The van der Waals surface area contributed by atoms with E-state index in [0.717, 1.165) is 58.4 Å². The van der Waals surface area contributed by atoms with Gasteiger partial charge in [0.05, 0.1) is 12.7 Å². The van der Waals surface area contributed by atoms with Gasteiger partial charge in [-0.3, -0.25) is 4.90 Å². The molecule has 172 valence electrons. The molecule has 7 heteroatoms. The Hall–Kier alpha value is -0.890. The van der Waals surface area contributed by atoms with Gasteiger partial charge in [-0.15, -0.1) is 0 Å². The van der Waals surface area contributed by atoms with E-state index in [2.05, 4.69) is 9.80 Å². The highest BCUT2D eigenvalue weighted by atomic mass is 16.6. The molecular weight excluding hydrogens is 382 g/mol. The molecule has 0 aromatic carbocycles. The number of aliphatic hydroxyl groups excluding tert-OH is 1. The Kier molecular flexibility index (Phi) is 7.90. The minimum Gasteiger partial charge on any atom is -0.450 e. The highest BCUT2D eigenvalue weighted by Gasteiger charge is 2.39. The van der Waals surface area contributed by atoms with Gasteiger partial charge in [-0.2, -0.15) is 0 Å². The predicted octanol–water partition coefficient (Wildman–Crippen LogP) is 3.02. The Bertz CT molecular complexity index is 551. The molecule has 7 nitrogen and oxygen atoms in total. The molecule has 0 bridgehead atoms. The van der Waals surface area contributed by atoms with E-state index in [9.17, 15) is 9.90 Å². The fourth-order valence-electron chi connectivity index (χ4n) is 5.86. The Labute approximate surface area is 181 Å². The molecule has 3 saturated heterocycles. The van der Waals surface area contributed by atoms with Crippen molar-refractivity contribution in [2.24, 2.45) is 5.92 Å². The Morgan fingerprint density at radius 1 is 0.933 bits per heavy atom. The first-order chi connectivity index (χ1) is 14.7. The molecule has 0 aromatic heterocycles. The SMILES string of the molecule is CCOC(=O)N1CCCC(N2CCC(C3CCCN3C(O)OC3CCC3)CC2)CC1. The molecule has 1 N–H and O–H groups in total. The molecule has 3 atom stereocenters. The van der Waals surface area contributed by atoms with Crippen molar-refractivity contribution in [1.29, 1.82) is 0 Å². The number of hydrogen-bond donors (Lipinski definition) is 1. The number of aliphatic hydroxyl groups is 1. The second-order valence-corrected chi connectivity index (χ2v) is 9.61. The lowest BCUT2D eigenvalue weighted by molar-refractivity contribution is -0.238. The molecule has 3 heterocycles. The van der Waals surface area contributed by atoms with Crippen molar-refractivity contribution < 1.29 is 19.4 Å². The van der Waals surface area contributed by atoms with Gasteiger partial charge in [-0.25, -0.2) is 4.79 Å². The molecule has 4 aliphatic rings. The maximum absolute atomic E-state index is 12.1. The van der Waals surface area contributed by atoms with Crippen molar-refractivity contribution in [2.45, 2.75) is 95.7 Å². The standard InChI is InChI=1S/C23H41N3O4/c1-2-29-22(27)25-13-4-6-19(12-17-25)24-15-10-18(11-16-24)21-9-5-14-26(21)23(28)30-20-7-3-8-20/h18-21,23,28H,2-17H2,1H3. The number of ether oxygens (including phenoxy) is 2. The average molecular weight is 424 g/mol. The van der Waals surface area contributed by atoms with E-state index in [1.807, 2.05) is 11.8 Å². The van der Waals surface area contributed by atoms with Crippen LogP contribution in [0.15, 0.2) is 0 Å². The van der Waals surface area contributed by atoms with Crippen LogP contribution < -0.4 is 0 Å². The summed E-state index contributed by atoms with van der Waals surface area (Å²) in [4.78, 5) is 18.8. The lowest BCUT2D eigenvalue weighted by atomic mass is 9.87. The van der Waals surface area contributed by atoms with E-state index in [1.165, 1.54) is 38.5 Å². The van der Waals surface area contributed by atoms with Crippen LogP contribution in [0, 0.1) is 5.92 Å². The monoisotopic (exact) mass is 423 g/mol. The summed E-state index contributed by atoms with van der Waals surface area (Å²) in [6.07, 6.45) is 10.9. The fraction of sp³-hybridized carbons (Fsp3) is 0.957. The minimum atomic E-state index is -0.712. The Morgan fingerprint density at radius 3 is 2.40 bits per heavy atom. The van der Waals surface area contributed by atoms with Gasteiger partial charge in [0.25, 0.3) is 0 Å². The maximum atomic E-state index is 12.1. The number of piperidine rings is 1. The zero-order chi connectivity index (χ0) is 20.9. The van der Waals surface area contributed by atoms with Crippen molar-refractivity contribution in [3.63, 3.8) is 0 Å². The van der Waals surface area contributed by atoms with E-state index in [4.69, 9.17) is 9.47 Å². The maximum Gasteiger partial charge on any atom is 0.409 e. The van der Waals surface area contributed by atoms with Gasteiger partial charge < -0.3 is 24.4 Å². The van der Waals surface area contributed by atoms with Crippen molar-refractivity contribution >= 4 is 6.09 Å². The van der Waals surface area contributed by atoms with Crippen LogP contribution in [0.25, 0.3) is 0 Å². The number of rotatable bonds is 6. The molecule has 0 radical (unpaired) electrons. The molecule has 1 aliphatic carbocycles. The van der Waals surface area contributed by atoms with E-state index in [1.54, 1.807) is 0 Å². The topological polar surface area (TPSA) is 65.5 Å². The number of likely N-dealkylation sites (tertiary alicyclic amines) is 3. The van der Waals surface area contributed by atoms with E-state index in [-0.39, 0.29) is 12.2 Å². The molecule has 30 heavy (non-hydrogen) atoms. The third-order valence-corrected chi connectivity index (χ3v) is 7.85. The highest BCUT2D eigenvalue weighted by Crippen LogP contribution is 2.35. The summed E-state index contributed by atoms with van der Waals surface area (Å²) in [6, 6.07) is 1.05. The molecular formula is C23H41N3O4. The van der Waals surface area contributed by atoms with Gasteiger partial charge in [-0.1, -0.05) is 0 Å². The minimum absolute atomic E-state index is 0.152. The summed E-state index contributed by atoms with van der Waals surface area (Å²) in [6.45, 7) is 7.19. The third kappa shape index (κ3) is 5.29. The van der Waals surface area contributed by atoms with Gasteiger partial charge in [0, 0.05) is 31.7 Å². The van der Waals surface area contributed by atoms with Crippen molar-refractivity contribution in [2.75, 3.05) is 39.3 Å². The first-order valence-electron chi connectivity index (χ1n) is 12.4. The number of amides is 1. The largest absolute Gasteiger partial charge is 0.450 e. The molecule has 3 aliphatic heterocycles. The number of carbonyl (C=O) groups excluding carboxylic acids is 1. The molecule has 4 fully saturated rings. The predicted molar refractivity (Wildman–Crippen MR) is 115 cm³/mol. The van der Waals surface area contributed by atoms with Crippen LogP contribution in [0.5, 0.6) is 0 Å². The summed E-state index contributed by atoms with van der Waals surface area (Å²) in [5.74, 6) is 0.658. The summed E-state index contributed by atoms with van der Waals surface area (Å²) < 4.78 is 11.1. The quantitative estimate of drug-likeness (QED) is 0.663. The van der Waals surface area contributed by atoms with Crippen molar-refractivity contribution in [3.05, 3.63) is 0 Å². The first-order valence-corrected chi connectivity index (χ1v) is 12.4. The van der Waals surface area contributed by atoms with Crippen LogP contribution in [-0.2, 0) is 9.47 Å². The summed E-state index contributed by atoms with van der Waals surface area (Å²) in [5.41, 5.74) is 0. The molecule has 3 unspecified atom stereocenters. The molecule has 1 amide bonds. The first kappa shape index (κ1) is 22.3. The van der Waals surface area contributed by atoms with Crippen LogP contribution >= 0.6 is 0 Å². The van der Waals surface area contributed by atoms with Crippen LogP contribution in [0.1, 0.15) is 71.1 Å². The second kappa shape index (κ2) is 10.6. The highest BCUT2D eigenvalue weighted by molar-refractivity contribution is 5.67. The van der Waals surface area contributed by atoms with E-state index in [0.29, 0.717) is 24.6 Å². The summed E-state index contributed by atoms with van der Waals surface area (Å²) >= 11 is 0. The number of carbonyl (C=O) groups is 1. The third-order valence-electron chi connectivity index (χ3n) is 7.85.